The molecule has 0 saturated carbocycles. The molecule has 3 heterocycles. The minimum atomic E-state index is -0.664. The highest BCUT2D eigenvalue weighted by Crippen LogP contribution is 2.39. The number of halogens is 1. The van der Waals surface area contributed by atoms with Crippen molar-refractivity contribution < 1.29 is 14.0 Å². The van der Waals surface area contributed by atoms with Crippen LogP contribution in [0.4, 0.5) is 23.1 Å². The lowest BCUT2D eigenvalue weighted by Gasteiger charge is -2.26. The van der Waals surface area contributed by atoms with Crippen molar-refractivity contribution in [1.29, 1.82) is 0 Å². The Labute approximate surface area is 205 Å². The minimum absolute atomic E-state index is 0.363. The first-order valence-corrected chi connectivity index (χ1v) is 13.2. The van der Waals surface area contributed by atoms with Crippen molar-refractivity contribution in [2.24, 2.45) is 0 Å². The van der Waals surface area contributed by atoms with Crippen LogP contribution in [0.2, 0.25) is 5.02 Å². The number of pyridine rings is 1. The van der Waals surface area contributed by atoms with Gasteiger partial charge in [-0.15, -0.1) is 0 Å². The van der Waals surface area contributed by atoms with Gasteiger partial charge in [0.05, 0.1) is 40.4 Å². The van der Waals surface area contributed by atoms with Crippen LogP contribution in [-0.2, 0) is 13.0 Å². The van der Waals surface area contributed by atoms with E-state index < -0.39 is 8.15 Å². The maximum atomic E-state index is 6.41. The lowest BCUT2D eigenvalue weighted by Crippen LogP contribution is -2.26. The van der Waals surface area contributed by atoms with Crippen molar-refractivity contribution in [3.05, 3.63) is 46.7 Å². The zero-order valence-electron chi connectivity index (χ0n) is 19.8. The smallest absolute Gasteiger partial charge is 0.229 e. The molecule has 0 saturated heterocycles. The fourth-order valence-electron chi connectivity index (χ4n) is 3.65. The van der Waals surface area contributed by atoms with Crippen LogP contribution in [0.5, 0.6) is 17.4 Å². The fraction of sp³-hybridized carbons (Fsp3) is 0.348. The summed E-state index contributed by atoms with van der Waals surface area (Å²) in [6.45, 7) is 5.93. The Hall–Kier alpha value is -2.87. The van der Waals surface area contributed by atoms with Crippen LogP contribution in [0.1, 0.15) is 11.1 Å². The van der Waals surface area contributed by atoms with E-state index in [2.05, 4.69) is 49.7 Å². The summed E-state index contributed by atoms with van der Waals surface area (Å²) in [6, 6.07) is 5.91. The molecule has 0 fully saturated rings. The summed E-state index contributed by atoms with van der Waals surface area (Å²) >= 11 is 6.41. The average Bonchev–Trinajstić information content (AvgIpc) is 2.81. The molecule has 1 aromatic carbocycles. The Bertz CT molecular complexity index is 1180. The zero-order valence-corrected chi connectivity index (χ0v) is 21.5. The van der Waals surface area contributed by atoms with Crippen LogP contribution in [0.25, 0.3) is 0 Å². The van der Waals surface area contributed by atoms with Gasteiger partial charge in [-0.3, -0.25) is 0 Å². The van der Waals surface area contributed by atoms with Crippen LogP contribution >= 0.6 is 19.7 Å². The molecule has 11 heteroatoms. The molecular weight excluding hydrogens is 475 g/mol. The van der Waals surface area contributed by atoms with Crippen LogP contribution in [0.3, 0.4) is 0 Å². The third-order valence-corrected chi connectivity index (χ3v) is 6.14. The number of fused-ring (bicyclic) bond motifs is 1. The molecule has 3 aromatic rings. The van der Waals surface area contributed by atoms with Gasteiger partial charge in [0.25, 0.3) is 0 Å². The molecule has 2 aromatic heterocycles. The predicted octanol–water partition coefficient (Wildman–Crippen LogP) is 5.05. The summed E-state index contributed by atoms with van der Waals surface area (Å²) in [6.07, 6.45) is 4.16. The molecule has 2 N–H and O–H groups in total. The van der Waals surface area contributed by atoms with Gasteiger partial charge in [-0.2, -0.15) is 4.98 Å². The number of hydrogen-bond donors (Lipinski definition) is 2. The molecular formula is C23H28ClN6O3P. The van der Waals surface area contributed by atoms with Gasteiger partial charge >= 0.3 is 0 Å². The summed E-state index contributed by atoms with van der Waals surface area (Å²) in [4.78, 5) is 15.5. The normalized spacial score (nSPS) is 13.4. The van der Waals surface area contributed by atoms with Crippen molar-refractivity contribution in [3.63, 3.8) is 0 Å². The Morgan fingerprint density at radius 2 is 1.79 bits per heavy atom. The Morgan fingerprint density at radius 3 is 2.53 bits per heavy atom. The van der Waals surface area contributed by atoms with Crippen LogP contribution in [-0.4, -0.2) is 61.0 Å². The quantitative estimate of drug-likeness (QED) is 0.410. The molecule has 0 unspecified atom stereocenters. The van der Waals surface area contributed by atoms with E-state index in [0.717, 1.165) is 30.9 Å². The van der Waals surface area contributed by atoms with Crippen molar-refractivity contribution in [1.82, 2.24) is 19.9 Å². The summed E-state index contributed by atoms with van der Waals surface area (Å²) in [5, 5.41) is 6.86. The number of methoxy groups -OCH3 is 2. The van der Waals surface area contributed by atoms with Gasteiger partial charge in [0.1, 0.15) is 16.5 Å². The van der Waals surface area contributed by atoms with Gasteiger partial charge in [0.2, 0.25) is 11.8 Å². The maximum Gasteiger partial charge on any atom is 0.229 e. The van der Waals surface area contributed by atoms with Gasteiger partial charge in [-0.1, -0.05) is 11.6 Å². The number of benzene rings is 1. The first-order chi connectivity index (χ1) is 16.4. The minimum Gasteiger partial charge on any atom is -0.495 e. The molecule has 0 amide bonds. The van der Waals surface area contributed by atoms with Crippen molar-refractivity contribution in [2.45, 2.75) is 13.0 Å². The fourth-order valence-corrected chi connectivity index (χ4v) is 4.34. The first kappa shape index (κ1) is 24.3. The summed E-state index contributed by atoms with van der Waals surface area (Å²) in [5.41, 5.74) is 3.97. The topological polar surface area (TPSA) is 93.7 Å². The van der Waals surface area contributed by atoms with Crippen LogP contribution < -0.4 is 24.6 Å². The highest BCUT2D eigenvalue weighted by atomic mass is 35.5. The van der Waals surface area contributed by atoms with E-state index in [4.69, 9.17) is 25.6 Å². The number of likely N-dealkylation sites (N-methyl/N-ethyl adjacent to an activating group) is 1. The molecule has 0 aliphatic carbocycles. The van der Waals surface area contributed by atoms with E-state index in [1.807, 2.05) is 13.3 Å². The summed E-state index contributed by atoms with van der Waals surface area (Å²) in [5.74, 6) is 2.60. The molecule has 0 bridgehead atoms. The second-order valence-electron chi connectivity index (χ2n) is 8.08. The number of nitrogens with one attached hydrogen (secondary N) is 2. The van der Waals surface area contributed by atoms with Gasteiger partial charge in [0.15, 0.2) is 11.6 Å². The van der Waals surface area contributed by atoms with E-state index >= 15 is 0 Å². The van der Waals surface area contributed by atoms with E-state index in [1.165, 1.54) is 11.1 Å². The highest BCUT2D eigenvalue weighted by molar-refractivity contribution is 7.51. The Kier molecular flexibility index (Phi) is 7.56. The van der Waals surface area contributed by atoms with E-state index in [0.29, 0.717) is 34.1 Å². The number of ether oxygens (including phenoxy) is 2. The highest BCUT2D eigenvalue weighted by Gasteiger charge is 2.18. The van der Waals surface area contributed by atoms with E-state index in [9.17, 15) is 0 Å². The van der Waals surface area contributed by atoms with Crippen LogP contribution in [0, 0.1) is 0 Å². The largest absolute Gasteiger partial charge is 0.495 e. The molecule has 1 aliphatic rings. The van der Waals surface area contributed by atoms with E-state index in [-0.39, 0.29) is 0 Å². The van der Waals surface area contributed by atoms with Gasteiger partial charge in [0, 0.05) is 19.2 Å². The predicted molar refractivity (Wildman–Crippen MR) is 137 cm³/mol. The molecule has 9 nitrogen and oxygen atoms in total. The number of nitrogens with zero attached hydrogens (tertiary/aromatic N) is 4. The number of aromatic nitrogens is 3. The number of rotatable bonds is 8. The lowest BCUT2D eigenvalue weighted by atomic mass is 9.99. The first-order valence-electron chi connectivity index (χ1n) is 10.7. The zero-order chi connectivity index (χ0) is 24.2. The van der Waals surface area contributed by atoms with Crippen molar-refractivity contribution in [3.8, 4) is 17.4 Å². The maximum absolute atomic E-state index is 6.41. The molecule has 4 rings (SSSR count). The second kappa shape index (κ2) is 10.6. The Balaban J connectivity index is 1.62. The SMILES string of the molecule is COc1cc(OP(C)C)c(Nc2nc(Nc3cc4c(cc3OC)CCN(C)C4)ncc2Cl)cn1. The molecule has 1 aliphatic heterocycles. The summed E-state index contributed by atoms with van der Waals surface area (Å²) < 4.78 is 16.8. The van der Waals surface area contributed by atoms with Crippen LogP contribution in [0.15, 0.2) is 30.6 Å². The third kappa shape index (κ3) is 5.60. The second-order valence-corrected chi connectivity index (χ2v) is 10.3. The Morgan fingerprint density at radius 1 is 0.971 bits per heavy atom. The lowest BCUT2D eigenvalue weighted by molar-refractivity contribution is 0.312. The number of hydrogen-bond acceptors (Lipinski definition) is 9. The standard InChI is InChI=1S/C23H28ClN6O3P/c1-30-7-6-14-9-19(31-2)17(8-15(14)13-30)28-23-26-11-16(24)22(29-23)27-18-12-25-21(32-3)10-20(18)33-34(4)5/h8-12H,6-7,13H2,1-5H3,(H2,26,27,28,29). The summed E-state index contributed by atoms with van der Waals surface area (Å²) in [7, 11) is 4.67. The van der Waals surface area contributed by atoms with E-state index in [1.54, 1.807) is 32.7 Å². The molecule has 0 spiro atoms. The molecule has 34 heavy (non-hydrogen) atoms. The average molecular weight is 503 g/mol. The van der Waals surface area contributed by atoms with Gasteiger partial charge < -0.3 is 29.5 Å². The van der Waals surface area contributed by atoms with Crippen molar-refractivity contribution in [2.75, 3.05) is 51.8 Å². The monoisotopic (exact) mass is 502 g/mol. The molecule has 0 radical (unpaired) electrons. The number of anilines is 4. The third-order valence-electron chi connectivity index (χ3n) is 5.30. The molecule has 0 atom stereocenters. The van der Waals surface area contributed by atoms with Gasteiger partial charge in [-0.25, -0.2) is 9.97 Å². The molecule has 180 valence electrons. The van der Waals surface area contributed by atoms with Crippen molar-refractivity contribution >= 4 is 42.9 Å². The van der Waals surface area contributed by atoms with Gasteiger partial charge in [-0.05, 0) is 50.1 Å².